The summed E-state index contributed by atoms with van der Waals surface area (Å²) < 4.78 is 95.2. The average Bonchev–Trinajstić information content (AvgIpc) is 3.23. The Morgan fingerprint density at radius 1 is 1.04 bits per heavy atom. The van der Waals surface area contributed by atoms with Crippen molar-refractivity contribution in [3.63, 3.8) is 0 Å². The van der Waals surface area contributed by atoms with E-state index in [2.05, 4.69) is 4.99 Å². The van der Waals surface area contributed by atoms with E-state index in [1.165, 1.54) is 11.8 Å². The molecular formula is C16H12F7N3OS. The Kier molecular flexibility index (Phi) is 5.26. The van der Waals surface area contributed by atoms with Crippen LogP contribution in [-0.4, -0.2) is 28.6 Å². The van der Waals surface area contributed by atoms with Crippen molar-refractivity contribution in [3.05, 3.63) is 44.7 Å². The van der Waals surface area contributed by atoms with Gasteiger partial charge in [-0.05, 0) is 19.8 Å². The smallest absolute Gasteiger partial charge is 0.323 e. The summed E-state index contributed by atoms with van der Waals surface area (Å²) in [6.07, 6.45) is -3.11. The molecule has 1 aromatic heterocycles. The van der Waals surface area contributed by atoms with Gasteiger partial charge in [-0.3, -0.25) is 4.57 Å². The van der Waals surface area contributed by atoms with E-state index in [0.717, 1.165) is 30.4 Å². The minimum Gasteiger partial charge on any atom is -0.323 e. The summed E-state index contributed by atoms with van der Waals surface area (Å²) in [4.78, 5) is 17.3. The van der Waals surface area contributed by atoms with E-state index >= 15 is 0 Å². The van der Waals surface area contributed by atoms with Gasteiger partial charge in [0.1, 0.15) is 11.3 Å². The Hall–Kier alpha value is -2.37. The van der Waals surface area contributed by atoms with Crippen molar-refractivity contribution in [2.45, 2.75) is 25.9 Å². The SMILES string of the molecule is Cc1cn(-c2c(F)c(F)c(C(F)(F)F)c(F)c2F)c(=NC(=O)N2CCCC2)s1. The van der Waals surface area contributed by atoms with E-state index in [1.54, 1.807) is 0 Å². The van der Waals surface area contributed by atoms with Crippen LogP contribution in [0, 0.1) is 30.2 Å². The number of urea groups is 1. The van der Waals surface area contributed by atoms with Crippen molar-refractivity contribution in [1.29, 1.82) is 0 Å². The molecule has 2 aromatic rings. The van der Waals surface area contributed by atoms with Crippen LogP contribution in [0.1, 0.15) is 23.3 Å². The molecule has 4 nitrogen and oxygen atoms in total. The molecule has 2 heterocycles. The molecule has 1 aromatic carbocycles. The quantitative estimate of drug-likeness (QED) is 0.487. The minimum atomic E-state index is -5.64. The molecule has 152 valence electrons. The summed E-state index contributed by atoms with van der Waals surface area (Å²) in [5, 5.41) is 0. The van der Waals surface area contributed by atoms with Crippen LogP contribution in [0.4, 0.5) is 35.5 Å². The summed E-state index contributed by atoms with van der Waals surface area (Å²) in [5.74, 6) is -9.62. The van der Waals surface area contributed by atoms with E-state index in [0.29, 0.717) is 22.5 Å². The Morgan fingerprint density at radius 2 is 1.57 bits per heavy atom. The van der Waals surface area contributed by atoms with Gasteiger partial charge in [-0.1, -0.05) is 0 Å². The van der Waals surface area contributed by atoms with E-state index in [4.69, 9.17) is 0 Å². The highest BCUT2D eigenvalue weighted by atomic mass is 32.1. The van der Waals surface area contributed by atoms with Crippen LogP contribution in [0.15, 0.2) is 11.2 Å². The van der Waals surface area contributed by atoms with Gasteiger partial charge in [0.2, 0.25) is 0 Å². The Bertz CT molecular complexity index is 974. The number of aryl methyl sites for hydroxylation is 1. The zero-order valence-electron chi connectivity index (χ0n) is 14.2. The van der Waals surface area contributed by atoms with E-state index in [1.807, 2.05) is 0 Å². The van der Waals surface area contributed by atoms with E-state index in [9.17, 15) is 35.5 Å². The summed E-state index contributed by atoms with van der Waals surface area (Å²) in [7, 11) is 0. The van der Waals surface area contributed by atoms with Crippen molar-refractivity contribution in [2.75, 3.05) is 13.1 Å². The first-order valence-corrected chi connectivity index (χ1v) is 8.80. The van der Waals surface area contributed by atoms with Crippen molar-refractivity contribution >= 4 is 17.4 Å². The number of hydrogen-bond acceptors (Lipinski definition) is 2. The maximum atomic E-state index is 14.3. The molecule has 0 radical (unpaired) electrons. The first-order chi connectivity index (χ1) is 13.0. The monoisotopic (exact) mass is 427 g/mol. The number of likely N-dealkylation sites (tertiary alicyclic amines) is 1. The summed E-state index contributed by atoms with van der Waals surface area (Å²) >= 11 is 0.784. The van der Waals surface area contributed by atoms with Gasteiger partial charge in [-0.15, -0.1) is 11.3 Å². The van der Waals surface area contributed by atoms with Gasteiger partial charge in [0, 0.05) is 24.2 Å². The molecule has 0 spiro atoms. The molecule has 1 aliphatic rings. The second kappa shape index (κ2) is 7.22. The first-order valence-electron chi connectivity index (χ1n) is 7.98. The number of aromatic nitrogens is 1. The zero-order valence-corrected chi connectivity index (χ0v) is 15.0. The molecule has 0 bridgehead atoms. The van der Waals surface area contributed by atoms with Gasteiger partial charge in [-0.25, -0.2) is 22.4 Å². The molecule has 28 heavy (non-hydrogen) atoms. The second-order valence-electron chi connectivity index (χ2n) is 6.06. The molecule has 1 saturated heterocycles. The van der Waals surface area contributed by atoms with Crippen molar-refractivity contribution < 1.29 is 35.5 Å². The number of alkyl halides is 3. The molecule has 1 fully saturated rings. The number of thiazole rings is 1. The average molecular weight is 427 g/mol. The van der Waals surface area contributed by atoms with Gasteiger partial charge in [0.25, 0.3) is 0 Å². The highest BCUT2D eigenvalue weighted by Crippen LogP contribution is 2.37. The lowest BCUT2D eigenvalue weighted by Gasteiger charge is -2.15. The topological polar surface area (TPSA) is 37.6 Å². The maximum Gasteiger partial charge on any atom is 0.422 e. The molecule has 2 amide bonds. The van der Waals surface area contributed by atoms with Crippen LogP contribution in [0.25, 0.3) is 5.69 Å². The highest BCUT2D eigenvalue weighted by Gasteiger charge is 2.42. The molecule has 0 saturated carbocycles. The molecule has 0 N–H and O–H groups in total. The van der Waals surface area contributed by atoms with Crippen molar-refractivity contribution in [1.82, 2.24) is 9.47 Å². The highest BCUT2D eigenvalue weighted by molar-refractivity contribution is 7.09. The van der Waals surface area contributed by atoms with Crippen LogP contribution >= 0.6 is 11.3 Å². The van der Waals surface area contributed by atoms with Gasteiger partial charge >= 0.3 is 12.2 Å². The molecular weight excluding hydrogens is 415 g/mol. The number of amides is 2. The van der Waals surface area contributed by atoms with Gasteiger partial charge in [0.05, 0.1) is 0 Å². The third kappa shape index (κ3) is 3.52. The van der Waals surface area contributed by atoms with Crippen LogP contribution in [0.5, 0.6) is 0 Å². The molecule has 0 atom stereocenters. The lowest BCUT2D eigenvalue weighted by Crippen LogP contribution is -2.28. The normalized spacial score (nSPS) is 15.6. The van der Waals surface area contributed by atoms with Crippen LogP contribution < -0.4 is 4.80 Å². The largest absolute Gasteiger partial charge is 0.422 e. The predicted octanol–water partition coefficient (Wildman–Crippen LogP) is 4.54. The number of benzene rings is 1. The van der Waals surface area contributed by atoms with E-state index in [-0.39, 0.29) is 4.80 Å². The molecule has 0 unspecified atom stereocenters. The molecule has 3 rings (SSSR count). The lowest BCUT2D eigenvalue weighted by atomic mass is 10.1. The summed E-state index contributed by atoms with van der Waals surface area (Å²) in [6.45, 7) is 2.32. The number of carbonyl (C=O) groups is 1. The fraction of sp³-hybridized carbons (Fsp3) is 0.375. The predicted molar refractivity (Wildman–Crippen MR) is 85.0 cm³/mol. The fourth-order valence-corrected chi connectivity index (χ4v) is 3.65. The van der Waals surface area contributed by atoms with Crippen molar-refractivity contribution in [3.8, 4) is 5.69 Å². The van der Waals surface area contributed by atoms with Gasteiger partial charge in [0.15, 0.2) is 28.1 Å². The zero-order chi connectivity index (χ0) is 20.8. The molecule has 0 aliphatic carbocycles. The van der Waals surface area contributed by atoms with Crippen LogP contribution in [0.3, 0.4) is 0 Å². The first kappa shape index (κ1) is 20.4. The van der Waals surface area contributed by atoms with Gasteiger partial charge < -0.3 is 4.90 Å². The maximum absolute atomic E-state index is 14.3. The Morgan fingerprint density at radius 3 is 2.07 bits per heavy atom. The lowest BCUT2D eigenvalue weighted by molar-refractivity contribution is -0.143. The fourth-order valence-electron chi connectivity index (χ4n) is 2.83. The number of rotatable bonds is 1. The van der Waals surface area contributed by atoms with Crippen LogP contribution in [-0.2, 0) is 6.18 Å². The van der Waals surface area contributed by atoms with Crippen molar-refractivity contribution in [2.24, 2.45) is 4.99 Å². The third-order valence-corrected chi connectivity index (χ3v) is 5.00. The number of hydrogen-bond donors (Lipinski definition) is 0. The van der Waals surface area contributed by atoms with Crippen LogP contribution in [0.2, 0.25) is 0 Å². The standard InChI is InChI=1S/C16H12F7N3OS/c1-7-6-26(15(28-7)24-14(27)25-4-2-3-5-25)13-11(19)9(17)8(16(21,22)23)10(18)12(13)20/h6H,2-5H2,1H3. The minimum absolute atomic E-state index is 0.328. The van der Waals surface area contributed by atoms with Gasteiger partial charge in [-0.2, -0.15) is 18.2 Å². The summed E-state index contributed by atoms with van der Waals surface area (Å²) in [6, 6.07) is -0.721. The Labute approximate surface area is 157 Å². The number of halogens is 7. The molecule has 1 aliphatic heterocycles. The summed E-state index contributed by atoms with van der Waals surface area (Å²) in [5.41, 5.74) is -4.08. The number of carbonyl (C=O) groups excluding carboxylic acids is 1. The van der Waals surface area contributed by atoms with E-state index < -0.39 is 46.7 Å². The second-order valence-corrected chi connectivity index (χ2v) is 7.27. The Balaban J connectivity index is 2.22. The third-order valence-electron chi connectivity index (χ3n) is 4.10. The number of nitrogens with zero attached hydrogens (tertiary/aromatic N) is 3. The molecule has 12 heteroatoms.